The molecule has 1 atom stereocenters. The highest BCUT2D eigenvalue weighted by Crippen LogP contribution is 2.15. The van der Waals surface area contributed by atoms with Crippen LogP contribution in [0.1, 0.15) is 6.42 Å². The quantitative estimate of drug-likeness (QED) is 0.358. The molecule has 0 aliphatic carbocycles. The number of rotatable bonds is 8. The normalized spacial score (nSPS) is 12.9. The van der Waals surface area contributed by atoms with E-state index in [1.807, 2.05) is 30.3 Å². The Labute approximate surface area is 163 Å². The van der Waals surface area contributed by atoms with Crippen molar-refractivity contribution in [1.82, 2.24) is 15.2 Å². The molecule has 0 aliphatic heterocycles. The average Bonchev–Trinajstić information content (AvgIpc) is 3.13. The van der Waals surface area contributed by atoms with E-state index in [0.29, 0.717) is 12.3 Å². The zero-order valence-corrected chi connectivity index (χ0v) is 16.4. The maximum Gasteiger partial charge on any atom is 0.191 e. The van der Waals surface area contributed by atoms with Crippen LogP contribution in [0.25, 0.3) is 10.9 Å². The Morgan fingerprint density at radius 2 is 1.74 bits per heavy atom. The lowest BCUT2D eigenvalue weighted by atomic mass is 10.2. The average molecular weight is 383 g/mol. The van der Waals surface area contributed by atoms with Crippen LogP contribution >= 0.6 is 0 Å². The number of nitrogens with one attached hydrogen (secondary N) is 2. The van der Waals surface area contributed by atoms with Gasteiger partial charge in [-0.05, 0) is 36.1 Å². The van der Waals surface area contributed by atoms with Crippen molar-refractivity contribution in [1.29, 1.82) is 0 Å². The number of aryl methyl sites for hydroxylation is 1. The van der Waals surface area contributed by atoms with E-state index >= 15 is 0 Å². The molecule has 0 radical (unpaired) electrons. The van der Waals surface area contributed by atoms with Gasteiger partial charge in [-0.15, -0.1) is 0 Å². The van der Waals surface area contributed by atoms with Crippen molar-refractivity contribution in [2.45, 2.75) is 17.9 Å². The first-order valence-electron chi connectivity index (χ1n) is 9.20. The summed E-state index contributed by atoms with van der Waals surface area (Å²) in [5.74, 6) is 1.30. The van der Waals surface area contributed by atoms with Crippen molar-refractivity contribution in [3.63, 3.8) is 0 Å². The van der Waals surface area contributed by atoms with Crippen molar-refractivity contribution in [2.24, 2.45) is 4.99 Å². The van der Waals surface area contributed by atoms with Gasteiger partial charge in [-0.2, -0.15) is 0 Å². The summed E-state index contributed by atoms with van der Waals surface area (Å²) in [5.41, 5.74) is 1.27. The standard InChI is InChI=1S/C21H26N4OS/c1-22-21(24-14-17-27(26)19-9-3-2-4-10-19)23-13-7-15-25-16-12-18-8-5-6-11-20(18)25/h2-6,8-12,16H,7,13-15,17H2,1H3,(H2,22,23,24). The molecule has 0 spiro atoms. The first kappa shape index (κ1) is 19.2. The van der Waals surface area contributed by atoms with Gasteiger partial charge in [0.25, 0.3) is 0 Å². The Morgan fingerprint density at radius 3 is 2.56 bits per heavy atom. The van der Waals surface area contributed by atoms with Crippen molar-refractivity contribution in [2.75, 3.05) is 25.9 Å². The van der Waals surface area contributed by atoms with Crippen molar-refractivity contribution >= 4 is 27.7 Å². The minimum Gasteiger partial charge on any atom is -0.356 e. The molecule has 5 nitrogen and oxygen atoms in total. The van der Waals surface area contributed by atoms with E-state index < -0.39 is 10.8 Å². The summed E-state index contributed by atoms with van der Waals surface area (Å²) in [6.07, 6.45) is 3.13. The highest BCUT2D eigenvalue weighted by Gasteiger charge is 2.04. The Hall–Kier alpha value is -2.60. The lowest BCUT2D eigenvalue weighted by Crippen LogP contribution is -2.39. The summed E-state index contributed by atoms with van der Waals surface area (Å²) >= 11 is 0. The van der Waals surface area contributed by atoms with E-state index in [-0.39, 0.29) is 0 Å². The van der Waals surface area contributed by atoms with Gasteiger partial charge in [0.1, 0.15) is 0 Å². The fourth-order valence-electron chi connectivity index (χ4n) is 2.96. The van der Waals surface area contributed by atoms with Crippen LogP contribution in [0.15, 0.2) is 76.7 Å². The van der Waals surface area contributed by atoms with Gasteiger partial charge in [0.05, 0.1) is 10.8 Å². The van der Waals surface area contributed by atoms with Crippen LogP contribution in [0, 0.1) is 0 Å². The van der Waals surface area contributed by atoms with Crippen molar-refractivity contribution in [3.05, 3.63) is 66.9 Å². The summed E-state index contributed by atoms with van der Waals surface area (Å²) in [6.45, 7) is 2.40. The summed E-state index contributed by atoms with van der Waals surface area (Å²) in [6, 6.07) is 20.1. The number of para-hydroxylation sites is 1. The number of aromatic nitrogens is 1. The summed E-state index contributed by atoms with van der Waals surface area (Å²) in [5, 5.41) is 7.82. The molecule has 1 unspecified atom stereocenters. The monoisotopic (exact) mass is 382 g/mol. The maximum absolute atomic E-state index is 12.2. The van der Waals surface area contributed by atoms with E-state index in [4.69, 9.17) is 0 Å². The molecular formula is C21H26N4OS. The zero-order chi connectivity index (χ0) is 18.9. The third-order valence-corrected chi connectivity index (χ3v) is 5.73. The molecule has 0 fully saturated rings. The van der Waals surface area contributed by atoms with Gasteiger partial charge < -0.3 is 15.2 Å². The maximum atomic E-state index is 12.2. The number of hydrogen-bond acceptors (Lipinski definition) is 2. The first-order valence-corrected chi connectivity index (χ1v) is 10.5. The molecule has 142 valence electrons. The number of hydrogen-bond donors (Lipinski definition) is 2. The lowest BCUT2D eigenvalue weighted by Gasteiger charge is -2.12. The smallest absolute Gasteiger partial charge is 0.191 e. The molecule has 1 heterocycles. The van der Waals surface area contributed by atoms with Crippen LogP contribution < -0.4 is 10.6 Å². The second-order valence-corrected chi connectivity index (χ2v) is 7.78. The van der Waals surface area contributed by atoms with E-state index in [2.05, 4.69) is 56.7 Å². The molecule has 2 N–H and O–H groups in total. The molecule has 0 aliphatic rings. The Balaban J connectivity index is 1.37. The number of guanidine groups is 1. The predicted octanol–water partition coefficient (Wildman–Crippen LogP) is 3.00. The molecule has 1 aromatic heterocycles. The van der Waals surface area contributed by atoms with Crippen molar-refractivity contribution < 1.29 is 4.21 Å². The molecule has 0 amide bonds. The summed E-state index contributed by atoms with van der Waals surface area (Å²) in [7, 11) is 0.761. The molecule has 0 saturated heterocycles. The van der Waals surface area contributed by atoms with E-state index in [1.54, 1.807) is 7.05 Å². The van der Waals surface area contributed by atoms with Crippen LogP contribution in [0.3, 0.4) is 0 Å². The molecule has 3 rings (SSSR count). The highest BCUT2D eigenvalue weighted by atomic mass is 32.2. The van der Waals surface area contributed by atoms with Gasteiger partial charge in [-0.1, -0.05) is 36.4 Å². The summed E-state index contributed by atoms with van der Waals surface area (Å²) < 4.78 is 14.5. The highest BCUT2D eigenvalue weighted by molar-refractivity contribution is 7.85. The topological polar surface area (TPSA) is 58.4 Å². The first-order chi connectivity index (χ1) is 13.3. The fourth-order valence-corrected chi connectivity index (χ4v) is 3.95. The van der Waals surface area contributed by atoms with Crippen LogP contribution in [0.4, 0.5) is 0 Å². The zero-order valence-electron chi connectivity index (χ0n) is 15.6. The molecular weight excluding hydrogens is 356 g/mol. The summed E-state index contributed by atoms with van der Waals surface area (Å²) in [4.78, 5) is 5.09. The molecule has 2 aromatic carbocycles. The fraction of sp³-hybridized carbons (Fsp3) is 0.286. The molecule has 0 bridgehead atoms. The number of nitrogens with zero attached hydrogens (tertiary/aromatic N) is 2. The van der Waals surface area contributed by atoms with E-state index in [0.717, 1.165) is 30.4 Å². The van der Waals surface area contributed by atoms with E-state index in [9.17, 15) is 4.21 Å². The minimum absolute atomic E-state index is 0.556. The van der Waals surface area contributed by atoms with Gasteiger partial charge in [0.15, 0.2) is 5.96 Å². The largest absolute Gasteiger partial charge is 0.356 e. The molecule has 3 aromatic rings. The van der Waals surface area contributed by atoms with Gasteiger partial charge in [-0.25, -0.2) is 0 Å². The molecule has 27 heavy (non-hydrogen) atoms. The van der Waals surface area contributed by atoms with Crippen LogP contribution in [0.2, 0.25) is 0 Å². The van der Waals surface area contributed by atoms with E-state index in [1.165, 1.54) is 10.9 Å². The lowest BCUT2D eigenvalue weighted by molar-refractivity contribution is 0.641. The Bertz CT molecular complexity index is 905. The van der Waals surface area contributed by atoms with Crippen LogP contribution in [0.5, 0.6) is 0 Å². The predicted molar refractivity (Wildman–Crippen MR) is 114 cm³/mol. The SMILES string of the molecule is CN=C(NCCCn1ccc2ccccc21)NCCS(=O)c1ccccc1. The van der Waals surface area contributed by atoms with Gasteiger partial charge in [-0.3, -0.25) is 9.20 Å². The Kier molecular flexibility index (Phi) is 7.04. The van der Waals surface area contributed by atoms with Gasteiger partial charge >= 0.3 is 0 Å². The number of benzene rings is 2. The van der Waals surface area contributed by atoms with Gasteiger partial charge in [0, 0.05) is 49.0 Å². The second kappa shape index (κ2) is 9.92. The van der Waals surface area contributed by atoms with Crippen LogP contribution in [-0.2, 0) is 17.3 Å². The molecule has 6 heteroatoms. The van der Waals surface area contributed by atoms with Gasteiger partial charge in [0.2, 0.25) is 0 Å². The molecule has 0 saturated carbocycles. The number of fused-ring (bicyclic) bond motifs is 1. The minimum atomic E-state index is -0.992. The number of aliphatic imine (C=N–C) groups is 1. The van der Waals surface area contributed by atoms with Crippen LogP contribution in [-0.4, -0.2) is 40.6 Å². The third kappa shape index (κ3) is 5.44. The Morgan fingerprint density at radius 1 is 1.00 bits per heavy atom. The second-order valence-electron chi connectivity index (χ2n) is 6.21. The van der Waals surface area contributed by atoms with Crippen molar-refractivity contribution in [3.8, 4) is 0 Å². The third-order valence-electron chi connectivity index (χ3n) is 4.36.